The van der Waals surface area contributed by atoms with Gasteiger partial charge in [0.15, 0.2) is 0 Å². The number of halogens is 1. The lowest BCUT2D eigenvalue weighted by atomic mass is 9.94. The molecule has 0 saturated heterocycles. The number of carbonyl (C=O) groups excluding carboxylic acids is 2. The number of amides is 2. The van der Waals surface area contributed by atoms with Crippen molar-refractivity contribution in [3.8, 4) is 0 Å². The number of nitrogens with zero attached hydrogens (tertiary/aromatic N) is 3. The Balaban J connectivity index is 1.76. The van der Waals surface area contributed by atoms with Gasteiger partial charge in [-0.1, -0.05) is 23.7 Å². The van der Waals surface area contributed by atoms with Gasteiger partial charge in [0.25, 0.3) is 5.91 Å². The molecular weight excluding hydrogens is 364 g/mol. The van der Waals surface area contributed by atoms with Crippen molar-refractivity contribution < 1.29 is 9.59 Å². The summed E-state index contributed by atoms with van der Waals surface area (Å²) in [4.78, 5) is 26.0. The monoisotopic (exact) mass is 388 g/mol. The standard InChI is InChI=1S/C20H25ClN4O2/c1-13(16-5-4-6-17(21)10-16)24(3)20(27)18-12-23-25-8-7-15(9-19(18)25)11-22-14(2)26/h4-6,10,12-13,15H,7-9,11H2,1-3H3,(H,22,26). The molecule has 0 aliphatic carbocycles. The van der Waals surface area contributed by atoms with Crippen molar-refractivity contribution in [3.63, 3.8) is 0 Å². The van der Waals surface area contributed by atoms with E-state index < -0.39 is 0 Å². The lowest BCUT2D eigenvalue weighted by Gasteiger charge is -2.27. The van der Waals surface area contributed by atoms with Gasteiger partial charge in [0.05, 0.1) is 23.5 Å². The van der Waals surface area contributed by atoms with Crippen molar-refractivity contribution in [1.82, 2.24) is 20.0 Å². The zero-order valence-corrected chi connectivity index (χ0v) is 16.7. The molecule has 1 aliphatic heterocycles. The third-order valence-electron chi connectivity index (χ3n) is 5.28. The van der Waals surface area contributed by atoms with Crippen LogP contribution in [0.5, 0.6) is 0 Å². The Kier molecular flexibility index (Phi) is 5.85. The number of carbonyl (C=O) groups is 2. The highest BCUT2D eigenvalue weighted by Gasteiger charge is 2.28. The molecule has 2 aromatic rings. The summed E-state index contributed by atoms with van der Waals surface area (Å²) in [6.45, 7) is 4.90. The fourth-order valence-corrected chi connectivity index (χ4v) is 3.69. The Labute approximate surface area is 164 Å². The minimum Gasteiger partial charge on any atom is -0.356 e. The fourth-order valence-electron chi connectivity index (χ4n) is 3.50. The highest BCUT2D eigenvalue weighted by molar-refractivity contribution is 6.30. The molecule has 3 rings (SSSR count). The molecule has 0 bridgehead atoms. The number of hydrogen-bond acceptors (Lipinski definition) is 3. The van der Waals surface area contributed by atoms with E-state index in [0.717, 1.165) is 30.6 Å². The van der Waals surface area contributed by atoms with Crippen molar-refractivity contribution in [2.24, 2.45) is 5.92 Å². The molecule has 1 aromatic carbocycles. The molecule has 27 heavy (non-hydrogen) atoms. The van der Waals surface area contributed by atoms with Gasteiger partial charge in [0, 0.05) is 32.1 Å². The van der Waals surface area contributed by atoms with Crippen LogP contribution in [-0.2, 0) is 17.8 Å². The van der Waals surface area contributed by atoms with E-state index in [4.69, 9.17) is 11.6 Å². The zero-order chi connectivity index (χ0) is 19.6. The van der Waals surface area contributed by atoms with Gasteiger partial charge in [-0.05, 0) is 43.4 Å². The van der Waals surface area contributed by atoms with Gasteiger partial charge in [0.1, 0.15) is 0 Å². The second-order valence-electron chi connectivity index (χ2n) is 7.17. The molecule has 6 nitrogen and oxygen atoms in total. The van der Waals surface area contributed by atoms with E-state index in [1.54, 1.807) is 18.1 Å². The third-order valence-corrected chi connectivity index (χ3v) is 5.52. The van der Waals surface area contributed by atoms with E-state index in [9.17, 15) is 9.59 Å². The van der Waals surface area contributed by atoms with Gasteiger partial charge in [-0.15, -0.1) is 0 Å². The molecule has 0 spiro atoms. The second kappa shape index (κ2) is 8.13. The summed E-state index contributed by atoms with van der Waals surface area (Å²) < 4.78 is 1.91. The molecule has 7 heteroatoms. The molecule has 144 valence electrons. The highest BCUT2D eigenvalue weighted by Crippen LogP contribution is 2.27. The predicted octanol–water partition coefficient (Wildman–Crippen LogP) is 3.07. The van der Waals surface area contributed by atoms with Gasteiger partial charge < -0.3 is 10.2 Å². The fraction of sp³-hybridized carbons (Fsp3) is 0.450. The van der Waals surface area contributed by atoms with Gasteiger partial charge >= 0.3 is 0 Å². The smallest absolute Gasteiger partial charge is 0.257 e. The van der Waals surface area contributed by atoms with Crippen molar-refractivity contribution in [1.29, 1.82) is 0 Å². The maximum absolute atomic E-state index is 13.1. The summed E-state index contributed by atoms with van der Waals surface area (Å²) in [7, 11) is 1.80. The molecule has 1 N–H and O–H groups in total. The van der Waals surface area contributed by atoms with Gasteiger partial charge in [-0.3, -0.25) is 14.3 Å². The maximum Gasteiger partial charge on any atom is 0.257 e. The maximum atomic E-state index is 13.1. The van der Waals surface area contributed by atoms with Crippen LogP contribution in [0.4, 0.5) is 0 Å². The Morgan fingerprint density at radius 1 is 1.44 bits per heavy atom. The minimum atomic E-state index is -0.106. The summed E-state index contributed by atoms with van der Waals surface area (Å²) in [5.74, 6) is 0.240. The average Bonchev–Trinajstić information content (AvgIpc) is 3.07. The van der Waals surface area contributed by atoms with E-state index in [1.807, 2.05) is 35.9 Å². The van der Waals surface area contributed by atoms with Crippen LogP contribution in [-0.4, -0.2) is 40.1 Å². The summed E-state index contributed by atoms with van der Waals surface area (Å²) in [6, 6.07) is 7.46. The van der Waals surface area contributed by atoms with E-state index >= 15 is 0 Å². The van der Waals surface area contributed by atoms with Crippen molar-refractivity contribution >= 4 is 23.4 Å². The van der Waals surface area contributed by atoms with Crippen LogP contribution >= 0.6 is 11.6 Å². The van der Waals surface area contributed by atoms with Gasteiger partial charge in [-0.25, -0.2) is 0 Å². The predicted molar refractivity (Wildman–Crippen MR) is 105 cm³/mol. The number of benzene rings is 1. The second-order valence-corrected chi connectivity index (χ2v) is 7.61. The molecule has 1 aliphatic rings. The van der Waals surface area contributed by atoms with E-state index in [0.29, 0.717) is 23.0 Å². The number of aryl methyl sites for hydroxylation is 1. The van der Waals surface area contributed by atoms with Crippen molar-refractivity contribution in [3.05, 3.63) is 52.3 Å². The van der Waals surface area contributed by atoms with Crippen LogP contribution in [0, 0.1) is 5.92 Å². The van der Waals surface area contributed by atoms with Crippen LogP contribution in [0.3, 0.4) is 0 Å². The lowest BCUT2D eigenvalue weighted by Crippen LogP contribution is -2.34. The quantitative estimate of drug-likeness (QED) is 0.855. The van der Waals surface area contributed by atoms with Gasteiger partial charge in [0.2, 0.25) is 5.91 Å². The first-order valence-corrected chi connectivity index (χ1v) is 9.56. The number of aromatic nitrogens is 2. The molecule has 0 fully saturated rings. The van der Waals surface area contributed by atoms with E-state index in [1.165, 1.54) is 6.92 Å². The first-order valence-electron chi connectivity index (χ1n) is 9.18. The van der Waals surface area contributed by atoms with E-state index in [2.05, 4.69) is 10.4 Å². The van der Waals surface area contributed by atoms with E-state index in [-0.39, 0.29) is 17.9 Å². The SMILES string of the molecule is CC(=O)NCC1CCn2ncc(C(=O)N(C)C(C)c3cccc(Cl)c3)c2C1. The molecule has 2 amide bonds. The third kappa shape index (κ3) is 4.33. The number of hydrogen-bond donors (Lipinski definition) is 1. The molecule has 2 atom stereocenters. The normalized spacial score (nSPS) is 17.1. The Hall–Kier alpha value is -2.34. The summed E-state index contributed by atoms with van der Waals surface area (Å²) in [5.41, 5.74) is 2.58. The van der Waals surface area contributed by atoms with Gasteiger partial charge in [-0.2, -0.15) is 5.10 Å². The largest absolute Gasteiger partial charge is 0.356 e. The molecule has 2 heterocycles. The molecule has 1 aromatic heterocycles. The van der Waals surface area contributed by atoms with Crippen molar-refractivity contribution in [2.75, 3.05) is 13.6 Å². The topological polar surface area (TPSA) is 67.2 Å². The Morgan fingerprint density at radius 2 is 2.22 bits per heavy atom. The van der Waals surface area contributed by atoms with Crippen molar-refractivity contribution in [2.45, 2.75) is 39.3 Å². The highest BCUT2D eigenvalue weighted by atomic mass is 35.5. The zero-order valence-electron chi connectivity index (χ0n) is 15.9. The molecule has 0 saturated carbocycles. The molecular formula is C20H25ClN4O2. The average molecular weight is 389 g/mol. The number of nitrogens with one attached hydrogen (secondary N) is 1. The number of fused-ring (bicyclic) bond motifs is 1. The number of rotatable bonds is 5. The van der Waals surface area contributed by atoms with Crippen LogP contribution in [0.1, 0.15) is 47.9 Å². The van der Waals surface area contributed by atoms with Crippen LogP contribution in [0.25, 0.3) is 0 Å². The van der Waals surface area contributed by atoms with Crippen LogP contribution in [0.15, 0.2) is 30.5 Å². The Morgan fingerprint density at radius 3 is 2.93 bits per heavy atom. The summed E-state index contributed by atoms with van der Waals surface area (Å²) >= 11 is 6.09. The Bertz CT molecular complexity index is 848. The minimum absolute atomic E-state index is 0.0274. The first-order chi connectivity index (χ1) is 12.9. The van der Waals surface area contributed by atoms with Crippen LogP contribution in [0.2, 0.25) is 5.02 Å². The lowest BCUT2D eigenvalue weighted by molar-refractivity contribution is -0.119. The van der Waals surface area contributed by atoms with Crippen LogP contribution < -0.4 is 5.32 Å². The summed E-state index contributed by atoms with van der Waals surface area (Å²) in [5, 5.41) is 7.93. The molecule has 2 unspecified atom stereocenters. The summed E-state index contributed by atoms with van der Waals surface area (Å²) in [6.07, 6.45) is 3.34. The molecule has 0 radical (unpaired) electrons. The first kappa shape index (κ1) is 19.4.